The fraction of sp³-hybridized carbons (Fsp3) is 0.261. The second kappa shape index (κ2) is 7.50. The Morgan fingerprint density at radius 2 is 1.75 bits per heavy atom. The van der Waals surface area contributed by atoms with E-state index >= 15 is 0 Å². The van der Waals surface area contributed by atoms with Crippen LogP contribution in [0.5, 0.6) is 0 Å². The molecule has 2 heterocycles. The molecule has 28 heavy (non-hydrogen) atoms. The van der Waals surface area contributed by atoms with Crippen LogP contribution in [0.3, 0.4) is 0 Å². The molecule has 0 fully saturated rings. The smallest absolute Gasteiger partial charge is 0.322 e. The van der Waals surface area contributed by atoms with Crippen LogP contribution in [0.2, 0.25) is 0 Å². The summed E-state index contributed by atoms with van der Waals surface area (Å²) in [5.41, 5.74) is 3.93. The Bertz CT molecular complexity index is 960. The summed E-state index contributed by atoms with van der Waals surface area (Å²) in [6.45, 7) is 5.60. The van der Waals surface area contributed by atoms with Gasteiger partial charge in [0, 0.05) is 30.7 Å². The predicted molar refractivity (Wildman–Crippen MR) is 109 cm³/mol. The van der Waals surface area contributed by atoms with Gasteiger partial charge in [0.15, 0.2) is 0 Å². The molecule has 3 aromatic rings. The van der Waals surface area contributed by atoms with Gasteiger partial charge in [-0.3, -0.25) is 0 Å². The maximum Gasteiger partial charge on any atom is 0.322 e. The van der Waals surface area contributed by atoms with Crippen LogP contribution >= 0.6 is 0 Å². The standard InChI is InChI=1S/C23H24FN3O/c1-16(2)17-7-11-20(12-8-17)25-23(28)27-15-14-26-13-3-4-21(26)22(27)18-5-9-19(24)10-6-18/h3-13,16,22H,14-15H2,1-2H3,(H,25,28). The number of rotatable bonds is 3. The Morgan fingerprint density at radius 1 is 1.04 bits per heavy atom. The number of anilines is 1. The summed E-state index contributed by atoms with van der Waals surface area (Å²) < 4.78 is 15.6. The summed E-state index contributed by atoms with van der Waals surface area (Å²) in [6, 6.07) is 17.9. The van der Waals surface area contributed by atoms with E-state index in [0.717, 1.165) is 23.5 Å². The Hall–Kier alpha value is -3.08. The molecule has 0 saturated heterocycles. The Morgan fingerprint density at radius 3 is 2.43 bits per heavy atom. The van der Waals surface area contributed by atoms with E-state index in [1.807, 2.05) is 47.5 Å². The first-order chi connectivity index (χ1) is 13.5. The van der Waals surface area contributed by atoms with E-state index < -0.39 is 0 Å². The lowest BCUT2D eigenvalue weighted by Gasteiger charge is -2.37. The van der Waals surface area contributed by atoms with E-state index in [9.17, 15) is 9.18 Å². The second-order valence-corrected chi connectivity index (χ2v) is 7.48. The molecule has 1 atom stereocenters. The molecule has 5 heteroatoms. The normalized spacial score (nSPS) is 16.1. The molecule has 0 aliphatic carbocycles. The van der Waals surface area contributed by atoms with E-state index in [4.69, 9.17) is 0 Å². The molecule has 4 nitrogen and oxygen atoms in total. The molecule has 0 saturated carbocycles. The fourth-order valence-corrected chi connectivity index (χ4v) is 3.74. The van der Waals surface area contributed by atoms with Crippen molar-refractivity contribution in [2.24, 2.45) is 0 Å². The summed E-state index contributed by atoms with van der Waals surface area (Å²) in [5, 5.41) is 3.02. The van der Waals surface area contributed by atoms with Crippen molar-refractivity contribution in [2.75, 3.05) is 11.9 Å². The van der Waals surface area contributed by atoms with Crippen molar-refractivity contribution >= 4 is 11.7 Å². The van der Waals surface area contributed by atoms with Gasteiger partial charge in [0.05, 0.1) is 6.04 Å². The molecule has 4 rings (SSSR count). The highest BCUT2D eigenvalue weighted by molar-refractivity contribution is 5.90. The number of amides is 2. The number of carbonyl (C=O) groups is 1. The highest BCUT2D eigenvalue weighted by atomic mass is 19.1. The van der Waals surface area contributed by atoms with E-state index in [0.29, 0.717) is 12.5 Å². The van der Waals surface area contributed by atoms with Gasteiger partial charge in [-0.2, -0.15) is 0 Å². The second-order valence-electron chi connectivity index (χ2n) is 7.48. The number of hydrogen-bond acceptors (Lipinski definition) is 1. The number of benzene rings is 2. The van der Waals surface area contributed by atoms with Crippen molar-refractivity contribution in [1.82, 2.24) is 9.47 Å². The summed E-state index contributed by atoms with van der Waals surface area (Å²) in [5.74, 6) is 0.165. The SMILES string of the molecule is CC(C)c1ccc(NC(=O)N2CCn3cccc3C2c2ccc(F)cc2)cc1. The number of hydrogen-bond donors (Lipinski definition) is 1. The van der Waals surface area contributed by atoms with Crippen LogP contribution in [0.15, 0.2) is 66.9 Å². The van der Waals surface area contributed by atoms with Gasteiger partial charge >= 0.3 is 6.03 Å². The lowest BCUT2D eigenvalue weighted by molar-refractivity contribution is 0.182. The molecule has 144 valence electrons. The average Bonchev–Trinajstić information content (AvgIpc) is 3.17. The number of carbonyl (C=O) groups excluding carboxylic acids is 1. The molecule has 1 aromatic heterocycles. The van der Waals surface area contributed by atoms with Crippen molar-refractivity contribution in [1.29, 1.82) is 0 Å². The maximum atomic E-state index is 13.4. The molecule has 0 bridgehead atoms. The van der Waals surface area contributed by atoms with E-state index in [1.165, 1.54) is 17.7 Å². The molecular weight excluding hydrogens is 353 g/mol. The zero-order chi connectivity index (χ0) is 19.7. The molecular formula is C23H24FN3O. The molecule has 1 N–H and O–H groups in total. The van der Waals surface area contributed by atoms with Gasteiger partial charge in [-0.1, -0.05) is 38.1 Å². The molecule has 2 aromatic carbocycles. The van der Waals surface area contributed by atoms with Gasteiger partial charge < -0.3 is 14.8 Å². The maximum absolute atomic E-state index is 13.4. The lowest BCUT2D eigenvalue weighted by atomic mass is 10.00. The Kier molecular flexibility index (Phi) is 4.90. The van der Waals surface area contributed by atoms with Crippen LogP contribution < -0.4 is 5.32 Å². The van der Waals surface area contributed by atoms with Crippen LogP contribution in [0, 0.1) is 5.82 Å². The van der Waals surface area contributed by atoms with E-state index in [2.05, 4.69) is 23.7 Å². The first-order valence-corrected chi connectivity index (χ1v) is 9.61. The first kappa shape index (κ1) is 18.3. The topological polar surface area (TPSA) is 37.3 Å². The molecule has 1 aliphatic rings. The minimum Gasteiger partial charge on any atom is -0.348 e. The molecule has 0 radical (unpaired) electrons. The van der Waals surface area contributed by atoms with Gasteiger partial charge in [0.25, 0.3) is 0 Å². The van der Waals surface area contributed by atoms with Gasteiger partial charge in [0.1, 0.15) is 5.82 Å². The molecule has 1 aliphatic heterocycles. The summed E-state index contributed by atoms with van der Waals surface area (Å²) >= 11 is 0. The Balaban J connectivity index is 1.61. The van der Waals surface area contributed by atoms with Crippen LogP contribution in [0.25, 0.3) is 0 Å². The van der Waals surface area contributed by atoms with Gasteiger partial charge in [-0.25, -0.2) is 9.18 Å². The van der Waals surface area contributed by atoms with Crippen LogP contribution in [0.4, 0.5) is 14.9 Å². The summed E-state index contributed by atoms with van der Waals surface area (Å²) in [4.78, 5) is 14.9. The molecule has 0 spiro atoms. The average molecular weight is 377 g/mol. The van der Waals surface area contributed by atoms with Gasteiger partial charge in [0.2, 0.25) is 0 Å². The predicted octanol–water partition coefficient (Wildman–Crippen LogP) is 5.39. The third kappa shape index (κ3) is 3.52. The van der Waals surface area contributed by atoms with Crippen LogP contribution in [-0.4, -0.2) is 22.0 Å². The number of nitrogens with one attached hydrogen (secondary N) is 1. The number of aromatic nitrogens is 1. The fourth-order valence-electron chi connectivity index (χ4n) is 3.74. The van der Waals surface area contributed by atoms with Gasteiger partial charge in [-0.05, 0) is 53.4 Å². The van der Waals surface area contributed by atoms with Crippen molar-refractivity contribution in [3.63, 3.8) is 0 Å². The van der Waals surface area contributed by atoms with Crippen molar-refractivity contribution in [2.45, 2.75) is 32.4 Å². The monoisotopic (exact) mass is 377 g/mol. The van der Waals surface area contributed by atoms with E-state index in [1.54, 1.807) is 12.1 Å². The summed E-state index contributed by atoms with van der Waals surface area (Å²) in [6.07, 6.45) is 2.02. The summed E-state index contributed by atoms with van der Waals surface area (Å²) in [7, 11) is 0. The Labute approximate surface area is 164 Å². The number of urea groups is 1. The zero-order valence-corrected chi connectivity index (χ0v) is 16.1. The van der Waals surface area contributed by atoms with Crippen LogP contribution in [0.1, 0.15) is 42.6 Å². The van der Waals surface area contributed by atoms with Crippen LogP contribution in [-0.2, 0) is 6.54 Å². The number of nitrogens with zero attached hydrogens (tertiary/aromatic N) is 2. The number of fused-ring (bicyclic) bond motifs is 1. The quantitative estimate of drug-likeness (QED) is 0.653. The third-order valence-corrected chi connectivity index (χ3v) is 5.31. The minimum absolute atomic E-state index is 0.154. The van der Waals surface area contributed by atoms with Crippen molar-refractivity contribution in [3.8, 4) is 0 Å². The largest absolute Gasteiger partial charge is 0.348 e. The highest BCUT2D eigenvalue weighted by Crippen LogP contribution is 2.33. The third-order valence-electron chi connectivity index (χ3n) is 5.31. The van der Waals surface area contributed by atoms with Crippen molar-refractivity contribution < 1.29 is 9.18 Å². The van der Waals surface area contributed by atoms with Gasteiger partial charge in [-0.15, -0.1) is 0 Å². The van der Waals surface area contributed by atoms with Crippen molar-refractivity contribution in [3.05, 3.63) is 89.5 Å². The lowest BCUT2D eigenvalue weighted by Crippen LogP contribution is -2.44. The molecule has 1 unspecified atom stereocenters. The number of halogens is 1. The zero-order valence-electron chi connectivity index (χ0n) is 16.1. The first-order valence-electron chi connectivity index (χ1n) is 9.61. The highest BCUT2D eigenvalue weighted by Gasteiger charge is 2.32. The minimum atomic E-state index is -0.281. The van der Waals surface area contributed by atoms with E-state index in [-0.39, 0.29) is 17.9 Å². The molecule has 2 amide bonds.